The van der Waals surface area contributed by atoms with Crippen LogP contribution in [0, 0.1) is 5.82 Å². The molecule has 0 atom stereocenters. The zero-order valence-corrected chi connectivity index (χ0v) is 13.7. The maximum absolute atomic E-state index is 13.0. The minimum Gasteiger partial charge on any atom is -0.478 e. The molecule has 25 heavy (non-hydrogen) atoms. The third kappa shape index (κ3) is 3.97. The van der Waals surface area contributed by atoms with Gasteiger partial charge in [-0.25, -0.2) is 9.07 Å². The van der Waals surface area contributed by atoms with Gasteiger partial charge in [0.05, 0.1) is 5.69 Å². The Labute approximate surface area is 143 Å². The second kappa shape index (κ2) is 6.68. The third-order valence-electron chi connectivity index (χ3n) is 3.47. The summed E-state index contributed by atoms with van der Waals surface area (Å²) >= 11 is 0. The van der Waals surface area contributed by atoms with Crippen molar-refractivity contribution in [3.8, 4) is 11.4 Å². The van der Waals surface area contributed by atoms with Gasteiger partial charge in [0, 0.05) is 5.69 Å². The fourth-order valence-electron chi connectivity index (χ4n) is 2.10. The van der Waals surface area contributed by atoms with Crippen molar-refractivity contribution in [2.75, 3.05) is 5.32 Å². The highest BCUT2D eigenvalue weighted by molar-refractivity contribution is 5.97. The van der Waals surface area contributed by atoms with Crippen LogP contribution in [0.15, 0.2) is 54.9 Å². The normalized spacial score (nSPS) is 11.2. The number of rotatable bonds is 5. The van der Waals surface area contributed by atoms with Crippen LogP contribution in [0.5, 0.6) is 5.75 Å². The van der Waals surface area contributed by atoms with E-state index in [2.05, 4.69) is 20.8 Å². The Balaban J connectivity index is 1.67. The molecule has 128 valence electrons. The average molecular weight is 341 g/mol. The lowest BCUT2D eigenvalue weighted by atomic mass is 10.1. The average Bonchev–Trinajstić information content (AvgIpc) is 3.12. The Morgan fingerprint density at radius 3 is 2.40 bits per heavy atom. The van der Waals surface area contributed by atoms with Crippen molar-refractivity contribution in [2.45, 2.75) is 19.4 Å². The molecule has 1 N–H and O–H groups in total. The topological polar surface area (TPSA) is 81.9 Å². The molecule has 0 bridgehead atoms. The maximum atomic E-state index is 13.0. The lowest BCUT2D eigenvalue weighted by Gasteiger charge is -2.25. The molecular weight excluding hydrogens is 325 g/mol. The van der Waals surface area contributed by atoms with Crippen LogP contribution in [0.1, 0.15) is 13.8 Å². The summed E-state index contributed by atoms with van der Waals surface area (Å²) in [4.78, 5) is 12.5. The summed E-state index contributed by atoms with van der Waals surface area (Å²) in [7, 11) is 0. The maximum Gasteiger partial charge on any atom is 0.267 e. The number of hydrogen-bond acceptors (Lipinski definition) is 5. The largest absolute Gasteiger partial charge is 0.478 e. The minimum atomic E-state index is -1.13. The van der Waals surface area contributed by atoms with E-state index in [4.69, 9.17) is 4.74 Å². The van der Waals surface area contributed by atoms with Crippen molar-refractivity contribution < 1.29 is 13.9 Å². The number of hydrogen-bond donors (Lipinski definition) is 1. The molecule has 2 aromatic carbocycles. The fraction of sp³-hybridized carbons (Fsp3) is 0.176. The number of carbonyl (C=O) groups excluding carboxylic acids is 1. The number of carbonyl (C=O) groups is 1. The van der Waals surface area contributed by atoms with Crippen LogP contribution in [0.4, 0.5) is 10.1 Å². The number of nitrogens with zero attached hydrogens (tertiary/aromatic N) is 4. The van der Waals surface area contributed by atoms with E-state index in [0.29, 0.717) is 11.4 Å². The van der Waals surface area contributed by atoms with E-state index >= 15 is 0 Å². The van der Waals surface area contributed by atoms with E-state index in [1.807, 2.05) is 0 Å². The van der Waals surface area contributed by atoms with Gasteiger partial charge >= 0.3 is 0 Å². The van der Waals surface area contributed by atoms with Gasteiger partial charge in [-0.2, -0.15) is 0 Å². The summed E-state index contributed by atoms with van der Waals surface area (Å²) in [5, 5.41) is 13.7. The number of halogens is 1. The fourth-order valence-corrected chi connectivity index (χ4v) is 2.10. The predicted octanol–water partition coefficient (Wildman–Crippen LogP) is 2.60. The minimum absolute atomic E-state index is 0.327. The molecule has 0 unspecified atom stereocenters. The Hall–Kier alpha value is -3.29. The molecule has 0 spiro atoms. The highest BCUT2D eigenvalue weighted by Gasteiger charge is 2.30. The van der Waals surface area contributed by atoms with Crippen molar-refractivity contribution in [1.29, 1.82) is 0 Å². The Morgan fingerprint density at radius 1 is 1.12 bits per heavy atom. The molecule has 7 nitrogen and oxygen atoms in total. The summed E-state index contributed by atoms with van der Waals surface area (Å²) in [6.07, 6.45) is 1.48. The zero-order chi connectivity index (χ0) is 17.9. The Morgan fingerprint density at radius 2 is 1.80 bits per heavy atom. The van der Waals surface area contributed by atoms with Crippen molar-refractivity contribution in [2.24, 2.45) is 0 Å². The SMILES string of the molecule is CC(C)(Oc1ccc(F)cc1)C(=O)Nc1ccc(-n2cnnn2)cc1. The van der Waals surface area contributed by atoms with Crippen molar-refractivity contribution in [1.82, 2.24) is 20.2 Å². The molecule has 1 aromatic heterocycles. The van der Waals surface area contributed by atoms with Crippen LogP contribution in [0.3, 0.4) is 0 Å². The van der Waals surface area contributed by atoms with Gasteiger partial charge in [0.25, 0.3) is 5.91 Å². The van der Waals surface area contributed by atoms with Crippen molar-refractivity contribution >= 4 is 11.6 Å². The first kappa shape index (κ1) is 16.6. The Bertz CT molecular complexity index is 846. The van der Waals surface area contributed by atoms with Crippen LogP contribution in [-0.4, -0.2) is 31.7 Å². The summed E-state index contributed by atoms with van der Waals surface area (Å²) in [6.45, 7) is 3.28. The van der Waals surface area contributed by atoms with Gasteiger partial charge in [0.15, 0.2) is 5.60 Å². The van der Waals surface area contributed by atoms with E-state index in [0.717, 1.165) is 5.69 Å². The van der Waals surface area contributed by atoms with Crippen LogP contribution < -0.4 is 10.1 Å². The molecule has 3 aromatic rings. The Kier molecular flexibility index (Phi) is 4.42. The molecule has 0 fully saturated rings. The molecule has 8 heteroatoms. The highest BCUT2D eigenvalue weighted by Crippen LogP contribution is 2.21. The van der Waals surface area contributed by atoms with Gasteiger partial charge in [-0.1, -0.05) is 0 Å². The zero-order valence-electron chi connectivity index (χ0n) is 13.7. The number of nitrogens with one attached hydrogen (secondary N) is 1. The lowest BCUT2D eigenvalue weighted by molar-refractivity contribution is -0.128. The smallest absolute Gasteiger partial charge is 0.267 e. The molecule has 3 rings (SSSR count). The van der Waals surface area contributed by atoms with Gasteiger partial charge in [0.1, 0.15) is 17.9 Å². The van der Waals surface area contributed by atoms with Crippen LogP contribution in [-0.2, 0) is 4.79 Å². The number of benzene rings is 2. The second-order valence-electron chi connectivity index (χ2n) is 5.82. The highest BCUT2D eigenvalue weighted by atomic mass is 19.1. The van der Waals surface area contributed by atoms with E-state index in [1.165, 1.54) is 35.3 Å². The first-order valence-corrected chi connectivity index (χ1v) is 7.53. The van der Waals surface area contributed by atoms with Gasteiger partial charge in [0.2, 0.25) is 0 Å². The molecule has 0 aliphatic rings. The quantitative estimate of drug-likeness (QED) is 0.771. The third-order valence-corrected chi connectivity index (χ3v) is 3.47. The van der Waals surface area contributed by atoms with E-state index in [9.17, 15) is 9.18 Å². The number of anilines is 1. The van der Waals surface area contributed by atoms with Crippen LogP contribution in [0.25, 0.3) is 5.69 Å². The molecule has 1 heterocycles. The van der Waals surface area contributed by atoms with Crippen LogP contribution >= 0.6 is 0 Å². The van der Waals surface area contributed by atoms with Gasteiger partial charge < -0.3 is 10.1 Å². The van der Waals surface area contributed by atoms with Crippen molar-refractivity contribution in [3.05, 3.63) is 60.7 Å². The summed E-state index contributed by atoms with van der Waals surface area (Å²) in [5.41, 5.74) is 0.245. The van der Waals surface area contributed by atoms with E-state index in [-0.39, 0.29) is 11.7 Å². The van der Waals surface area contributed by atoms with E-state index in [1.54, 1.807) is 38.1 Å². The lowest BCUT2D eigenvalue weighted by Crippen LogP contribution is -2.42. The molecule has 0 saturated carbocycles. The molecule has 0 aliphatic carbocycles. The molecule has 0 saturated heterocycles. The standard InChI is InChI=1S/C17H16FN5O2/c1-17(2,25-15-9-3-12(18)4-10-15)16(24)20-13-5-7-14(8-6-13)23-11-19-21-22-23/h3-11H,1-2H3,(H,20,24). The molecular formula is C17H16FN5O2. The summed E-state index contributed by atoms with van der Waals surface area (Å²) < 4.78 is 20.1. The first-order chi connectivity index (χ1) is 11.9. The van der Waals surface area contributed by atoms with Gasteiger partial charge in [-0.3, -0.25) is 4.79 Å². The number of tetrazole rings is 1. The molecule has 0 aliphatic heterocycles. The van der Waals surface area contributed by atoms with E-state index < -0.39 is 5.60 Å². The van der Waals surface area contributed by atoms with Crippen LogP contribution in [0.2, 0.25) is 0 Å². The monoisotopic (exact) mass is 341 g/mol. The number of amides is 1. The summed E-state index contributed by atoms with van der Waals surface area (Å²) in [6, 6.07) is 12.5. The second-order valence-corrected chi connectivity index (χ2v) is 5.82. The van der Waals surface area contributed by atoms with Crippen molar-refractivity contribution in [3.63, 3.8) is 0 Å². The predicted molar refractivity (Wildman–Crippen MR) is 88.9 cm³/mol. The number of aromatic nitrogens is 4. The van der Waals surface area contributed by atoms with Gasteiger partial charge in [-0.15, -0.1) is 5.10 Å². The number of ether oxygens (including phenoxy) is 1. The summed E-state index contributed by atoms with van der Waals surface area (Å²) in [5.74, 6) is -0.278. The first-order valence-electron chi connectivity index (χ1n) is 7.53. The van der Waals surface area contributed by atoms with Gasteiger partial charge in [-0.05, 0) is 72.8 Å². The molecule has 1 amide bonds. The molecule has 0 radical (unpaired) electrons.